The van der Waals surface area contributed by atoms with Crippen molar-refractivity contribution in [1.29, 1.82) is 0 Å². The van der Waals surface area contributed by atoms with Gasteiger partial charge in [-0.2, -0.15) is 0 Å². The van der Waals surface area contributed by atoms with Crippen molar-refractivity contribution in [1.82, 2.24) is 4.90 Å². The molecule has 4 nitrogen and oxygen atoms in total. The number of ketones is 1. The third-order valence-electron chi connectivity index (χ3n) is 5.33. The number of nitrogens with zero attached hydrogens (tertiary/aromatic N) is 1. The zero-order valence-corrected chi connectivity index (χ0v) is 16.3. The summed E-state index contributed by atoms with van der Waals surface area (Å²) in [5.41, 5.74) is 3.89. The van der Waals surface area contributed by atoms with Crippen LogP contribution in [0.5, 0.6) is 5.75 Å². The van der Waals surface area contributed by atoms with Crippen LogP contribution in [0.1, 0.15) is 58.8 Å². The van der Waals surface area contributed by atoms with Crippen LogP contribution < -0.4 is 4.74 Å². The molecule has 142 valence electrons. The molecule has 1 saturated heterocycles. The van der Waals surface area contributed by atoms with E-state index in [1.807, 2.05) is 61.2 Å². The molecule has 4 heteroatoms. The summed E-state index contributed by atoms with van der Waals surface area (Å²) in [7, 11) is 1.65. The third kappa shape index (κ3) is 4.38. The smallest absolute Gasteiger partial charge is 0.223 e. The molecule has 0 bridgehead atoms. The molecule has 0 saturated carbocycles. The number of hydrogen-bond acceptors (Lipinski definition) is 3. The van der Waals surface area contributed by atoms with Crippen molar-refractivity contribution in [3.8, 4) is 5.75 Å². The number of Topliss-reactive ketones (excluding diaryl/α,β-unsaturated/α-hetero) is 1. The van der Waals surface area contributed by atoms with Crippen molar-refractivity contribution in [2.24, 2.45) is 0 Å². The molecule has 1 unspecified atom stereocenters. The lowest BCUT2D eigenvalue weighted by Crippen LogP contribution is -2.30. The van der Waals surface area contributed by atoms with Crippen molar-refractivity contribution in [3.63, 3.8) is 0 Å². The van der Waals surface area contributed by atoms with Crippen LogP contribution in [0.4, 0.5) is 0 Å². The van der Waals surface area contributed by atoms with E-state index in [2.05, 4.69) is 0 Å². The molecule has 1 atom stereocenters. The van der Waals surface area contributed by atoms with Gasteiger partial charge in [0.25, 0.3) is 0 Å². The molecule has 3 rings (SSSR count). The minimum absolute atomic E-state index is 0.0461. The number of amides is 1. The number of carbonyl (C=O) groups is 2. The fourth-order valence-corrected chi connectivity index (χ4v) is 3.77. The standard InChI is InChI=1S/C23H27NO3/c1-16-6-7-17(2)20(15-16)22(25)12-13-23(26)24-14-4-5-21(24)18-8-10-19(27-3)11-9-18/h6-11,15,21H,4-5,12-14H2,1-3H3. The Balaban J connectivity index is 1.64. The maximum atomic E-state index is 12.8. The van der Waals surface area contributed by atoms with E-state index in [0.29, 0.717) is 0 Å². The lowest BCUT2D eigenvalue weighted by Gasteiger charge is -2.25. The first-order valence-electron chi connectivity index (χ1n) is 9.53. The van der Waals surface area contributed by atoms with E-state index in [-0.39, 0.29) is 30.6 Å². The van der Waals surface area contributed by atoms with Crippen LogP contribution in [-0.2, 0) is 4.79 Å². The van der Waals surface area contributed by atoms with Gasteiger partial charge in [0.2, 0.25) is 5.91 Å². The van der Waals surface area contributed by atoms with Gasteiger partial charge in [-0.3, -0.25) is 9.59 Å². The molecule has 27 heavy (non-hydrogen) atoms. The number of rotatable bonds is 6. The van der Waals surface area contributed by atoms with Crippen molar-refractivity contribution >= 4 is 11.7 Å². The van der Waals surface area contributed by atoms with Crippen molar-refractivity contribution in [2.45, 2.75) is 45.6 Å². The summed E-state index contributed by atoms with van der Waals surface area (Å²) in [5, 5.41) is 0. The Labute approximate surface area is 161 Å². The van der Waals surface area contributed by atoms with Crippen LogP contribution in [0, 0.1) is 13.8 Å². The highest BCUT2D eigenvalue weighted by molar-refractivity contribution is 5.99. The van der Waals surface area contributed by atoms with Crippen molar-refractivity contribution in [3.05, 3.63) is 64.7 Å². The number of benzene rings is 2. The average molecular weight is 365 g/mol. The predicted octanol–water partition coefficient (Wildman–Crippen LogP) is 4.64. The van der Waals surface area contributed by atoms with Gasteiger partial charge in [0, 0.05) is 24.9 Å². The maximum Gasteiger partial charge on any atom is 0.223 e. The second-order valence-electron chi connectivity index (χ2n) is 7.26. The Morgan fingerprint density at radius 2 is 1.81 bits per heavy atom. The van der Waals surface area contributed by atoms with Crippen LogP contribution in [-0.4, -0.2) is 30.2 Å². The molecule has 1 amide bonds. The SMILES string of the molecule is COc1ccc(C2CCCN2C(=O)CCC(=O)c2cc(C)ccc2C)cc1. The minimum atomic E-state index is 0.0461. The lowest BCUT2D eigenvalue weighted by molar-refractivity contribution is -0.132. The fraction of sp³-hybridized carbons (Fsp3) is 0.391. The van der Waals surface area contributed by atoms with E-state index in [9.17, 15) is 9.59 Å². The van der Waals surface area contributed by atoms with E-state index in [4.69, 9.17) is 4.74 Å². The summed E-state index contributed by atoms with van der Waals surface area (Å²) in [5.74, 6) is 0.922. The number of aryl methyl sites for hydroxylation is 2. The minimum Gasteiger partial charge on any atom is -0.497 e. The summed E-state index contributed by atoms with van der Waals surface area (Å²) in [6.07, 6.45) is 2.48. The van der Waals surface area contributed by atoms with Gasteiger partial charge in [-0.05, 0) is 56.0 Å². The second-order valence-corrected chi connectivity index (χ2v) is 7.26. The van der Waals surface area contributed by atoms with Crippen molar-refractivity contribution in [2.75, 3.05) is 13.7 Å². The Morgan fingerprint density at radius 3 is 2.52 bits per heavy atom. The van der Waals surface area contributed by atoms with E-state index < -0.39 is 0 Å². The number of hydrogen-bond donors (Lipinski definition) is 0. The van der Waals surface area contributed by atoms with E-state index in [0.717, 1.165) is 47.4 Å². The molecule has 1 aliphatic heterocycles. The summed E-state index contributed by atoms with van der Waals surface area (Å²) in [6.45, 7) is 4.67. The summed E-state index contributed by atoms with van der Waals surface area (Å²) in [4.78, 5) is 27.3. The zero-order valence-electron chi connectivity index (χ0n) is 16.3. The first-order chi connectivity index (χ1) is 13.0. The van der Waals surface area contributed by atoms with Gasteiger partial charge >= 0.3 is 0 Å². The number of methoxy groups -OCH3 is 1. The topological polar surface area (TPSA) is 46.6 Å². The molecule has 1 fully saturated rings. The summed E-state index contributed by atoms with van der Waals surface area (Å²) >= 11 is 0. The molecular formula is C23H27NO3. The predicted molar refractivity (Wildman–Crippen MR) is 106 cm³/mol. The second kappa shape index (κ2) is 8.38. The Bertz CT molecular complexity index is 826. The summed E-state index contributed by atoms with van der Waals surface area (Å²) in [6, 6.07) is 13.9. The molecule has 1 heterocycles. The van der Waals surface area contributed by atoms with Crippen LogP contribution in [0.3, 0.4) is 0 Å². The molecule has 0 aliphatic carbocycles. The molecule has 0 spiro atoms. The summed E-state index contributed by atoms with van der Waals surface area (Å²) < 4.78 is 5.21. The molecule has 0 N–H and O–H groups in total. The van der Waals surface area contributed by atoms with Crippen molar-refractivity contribution < 1.29 is 14.3 Å². The maximum absolute atomic E-state index is 12.8. The van der Waals surface area contributed by atoms with Gasteiger partial charge in [0.1, 0.15) is 5.75 Å². The molecule has 0 radical (unpaired) electrons. The lowest BCUT2D eigenvalue weighted by atomic mass is 9.99. The average Bonchev–Trinajstić information content (AvgIpc) is 3.17. The molecule has 0 aromatic heterocycles. The van der Waals surface area contributed by atoms with Gasteiger partial charge < -0.3 is 9.64 Å². The largest absolute Gasteiger partial charge is 0.497 e. The van der Waals surface area contributed by atoms with E-state index in [1.165, 1.54) is 0 Å². The number of carbonyl (C=O) groups excluding carboxylic acids is 2. The Kier molecular flexibility index (Phi) is 5.94. The third-order valence-corrected chi connectivity index (χ3v) is 5.33. The quantitative estimate of drug-likeness (QED) is 0.701. The zero-order chi connectivity index (χ0) is 19.4. The van der Waals surface area contributed by atoms with Gasteiger partial charge in [0.05, 0.1) is 13.2 Å². The van der Waals surface area contributed by atoms with Crippen LogP contribution in [0.15, 0.2) is 42.5 Å². The molecule has 2 aromatic carbocycles. The molecular weight excluding hydrogens is 338 g/mol. The van der Waals surface area contributed by atoms with Gasteiger partial charge in [-0.25, -0.2) is 0 Å². The van der Waals surface area contributed by atoms with Crippen LogP contribution >= 0.6 is 0 Å². The van der Waals surface area contributed by atoms with Gasteiger partial charge in [-0.15, -0.1) is 0 Å². The molecule has 2 aromatic rings. The van der Waals surface area contributed by atoms with Crippen LogP contribution in [0.2, 0.25) is 0 Å². The fourth-order valence-electron chi connectivity index (χ4n) is 3.77. The Morgan fingerprint density at radius 1 is 1.07 bits per heavy atom. The first kappa shape index (κ1) is 19.2. The monoisotopic (exact) mass is 365 g/mol. The van der Waals surface area contributed by atoms with E-state index in [1.54, 1.807) is 7.11 Å². The normalized spacial score (nSPS) is 16.4. The van der Waals surface area contributed by atoms with E-state index >= 15 is 0 Å². The van der Waals surface area contributed by atoms with Gasteiger partial charge in [-0.1, -0.05) is 29.8 Å². The molecule has 1 aliphatic rings. The number of ether oxygens (including phenoxy) is 1. The van der Waals surface area contributed by atoms with Gasteiger partial charge in [0.15, 0.2) is 5.78 Å². The highest BCUT2D eigenvalue weighted by atomic mass is 16.5. The van der Waals surface area contributed by atoms with Crippen LogP contribution in [0.25, 0.3) is 0 Å². The number of likely N-dealkylation sites (tertiary alicyclic amines) is 1. The Hall–Kier alpha value is -2.62. The first-order valence-corrected chi connectivity index (χ1v) is 9.53. The highest BCUT2D eigenvalue weighted by Gasteiger charge is 2.30. The highest BCUT2D eigenvalue weighted by Crippen LogP contribution is 2.33.